The van der Waals surface area contributed by atoms with Crippen LogP contribution in [0.25, 0.3) is 0 Å². The summed E-state index contributed by atoms with van der Waals surface area (Å²) < 4.78 is 0. The summed E-state index contributed by atoms with van der Waals surface area (Å²) in [4.78, 5) is 4.39. The third-order valence-electron chi connectivity index (χ3n) is 1.47. The molecule has 0 bridgehead atoms. The van der Waals surface area contributed by atoms with E-state index in [1.54, 1.807) is 11.3 Å². The van der Waals surface area contributed by atoms with Crippen LogP contribution in [0.2, 0.25) is 0 Å². The molecule has 1 aromatic heterocycles. The number of aromatic nitrogens is 1. The quantitative estimate of drug-likeness (QED) is 0.736. The first-order valence-electron chi connectivity index (χ1n) is 3.78. The van der Waals surface area contributed by atoms with Gasteiger partial charge >= 0.3 is 0 Å². The molecule has 0 spiro atoms. The first-order valence-corrected chi connectivity index (χ1v) is 4.65. The first kappa shape index (κ1) is 8.68. The highest BCUT2D eigenvalue weighted by atomic mass is 32.1. The van der Waals surface area contributed by atoms with E-state index in [1.165, 1.54) is 0 Å². The second-order valence-corrected chi connectivity index (χ2v) is 4.08. The molecular formula is C8H14N2S. The molecule has 2 nitrogen and oxygen atoms in total. The predicted octanol–water partition coefficient (Wildman–Crippen LogP) is 1.90. The van der Waals surface area contributed by atoms with Crippen LogP contribution in [0.1, 0.15) is 31.5 Å². The molecule has 0 amide bonds. The molecule has 0 unspecified atom stereocenters. The third kappa shape index (κ3) is 2.01. The molecule has 0 saturated heterocycles. The minimum atomic E-state index is -0.280. The second kappa shape index (κ2) is 2.91. The highest BCUT2D eigenvalue weighted by molar-refractivity contribution is 7.09. The molecular weight excluding hydrogens is 156 g/mol. The molecule has 3 heteroatoms. The third-order valence-corrected chi connectivity index (χ3v) is 2.70. The van der Waals surface area contributed by atoms with Gasteiger partial charge in [0, 0.05) is 5.38 Å². The number of thiazole rings is 1. The highest BCUT2D eigenvalue weighted by Gasteiger charge is 2.17. The van der Waals surface area contributed by atoms with Crippen molar-refractivity contribution in [3.8, 4) is 0 Å². The van der Waals surface area contributed by atoms with E-state index in [9.17, 15) is 0 Å². The summed E-state index contributed by atoms with van der Waals surface area (Å²) in [6, 6.07) is 0. The van der Waals surface area contributed by atoms with Gasteiger partial charge in [-0.05, 0) is 20.3 Å². The fourth-order valence-corrected chi connectivity index (χ4v) is 1.71. The average Bonchev–Trinajstić information content (AvgIpc) is 2.32. The molecule has 62 valence electrons. The topological polar surface area (TPSA) is 38.9 Å². The summed E-state index contributed by atoms with van der Waals surface area (Å²) in [7, 11) is 0. The Balaban J connectivity index is 2.89. The van der Waals surface area contributed by atoms with Crippen LogP contribution in [-0.2, 0) is 12.0 Å². The van der Waals surface area contributed by atoms with Gasteiger partial charge in [-0.25, -0.2) is 4.98 Å². The van der Waals surface area contributed by atoms with Crippen LogP contribution in [0, 0.1) is 0 Å². The molecule has 2 N–H and O–H groups in total. The SMILES string of the molecule is CCc1csc(C(C)(C)N)n1. The van der Waals surface area contributed by atoms with Gasteiger partial charge in [0.2, 0.25) is 0 Å². The number of hydrogen-bond acceptors (Lipinski definition) is 3. The number of rotatable bonds is 2. The van der Waals surface area contributed by atoms with Gasteiger partial charge in [-0.3, -0.25) is 0 Å². The van der Waals surface area contributed by atoms with Crippen LogP contribution in [-0.4, -0.2) is 4.98 Å². The minimum absolute atomic E-state index is 0.280. The lowest BCUT2D eigenvalue weighted by atomic mass is 10.1. The number of nitrogens with zero attached hydrogens (tertiary/aromatic N) is 1. The van der Waals surface area contributed by atoms with E-state index in [4.69, 9.17) is 5.73 Å². The van der Waals surface area contributed by atoms with Crippen molar-refractivity contribution in [1.29, 1.82) is 0 Å². The zero-order valence-corrected chi connectivity index (χ0v) is 8.03. The van der Waals surface area contributed by atoms with Gasteiger partial charge in [-0.15, -0.1) is 11.3 Å². The van der Waals surface area contributed by atoms with Gasteiger partial charge in [0.05, 0.1) is 11.2 Å². The summed E-state index contributed by atoms with van der Waals surface area (Å²) in [5.41, 5.74) is 6.74. The summed E-state index contributed by atoms with van der Waals surface area (Å²) in [6.07, 6.45) is 0.993. The van der Waals surface area contributed by atoms with Crippen molar-refractivity contribution < 1.29 is 0 Å². The van der Waals surface area contributed by atoms with Gasteiger partial charge in [0.1, 0.15) is 5.01 Å². The van der Waals surface area contributed by atoms with E-state index in [0.717, 1.165) is 17.1 Å². The van der Waals surface area contributed by atoms with Crippen molar-refractivity contribution in [2.24, 2.45) is 5.73 Å². The molecule has 1 heterocycles. The van der Waals surface area contributed by atoms with Crippen LogP contribution in [0.5, 0.6) is 0 Å². The van der Waals surface area contributed by atoms with Gasteiger partial charge < -0.3 is 5.73 Å². The highest BCUT2D eigenvalue weighted by Crippen LogP contribution is 2.21. The van der Waals surface area contributed by atoms with Crippen molar-refractivity contribution in [2.75, 3.05) is 0 Å². The van der Waals surface area contributed by atoms with Gasteiger partial charge in [0.25, 0.3) is 0 Å². The molecule has 0 radical (unpaired) electrons. The Hall–Kier alpha value is -0.410. The fraction of sp³-hybridized carbons (Fsp3) is 0.625. The van der Waals surface area contributed by atoms with Crippen LogP contribution in [0.3, 0.4) is 0 Å². The monoisotopic (exact) mass is 170 g/mol. The fourth-order valence-electron chi connectivity index (χ4n) is 0.765. The largest absolute Gasteiger partial charge is 0.320 e. The molecule has 0 aliphatic heterocycles. The van der Waals surface area contributed by atoms with E-state index in [-0.39, 0.29) is 5.54 Å². The molecule has 1 rings (SSSR count). The van der Waals surface area contributed by atoms with Gasteiger partial charge in [0.15, 0.2) is 0 Å². The standard InChI is InChI=1S/C8H14N2S/c1-4-6-5-11-7(10-6)8(2,3)9/h5H,4,9H2,1-3H3. The van der Waals surface area contributed by atoms with Gasteiger partial charge in [-0.1, -0.05) is 6.92 Å². The van der Waals surface area contributed by atoms with E-state index in [0.29, 0.717) is 0 Å². The van der Waals surface area contributed by atoms with Crippen LogP contribution in [0.4, 0.5) is 0 Å². The van der Waals surface area contributed by atoms with Crippen molar-refractivity contribution in [3.63, 3.8) is 0 Å². The minimum Gasteiger partial charge on any atom is -0.320 e. The molecule has 0 aliphatic carbocycles. The maximum Gasteiger partial charge on any atom is 0.112 e. The lowest BCUT2D eigenvalue weighted by Gasteiger charge is -2.13. The average molecular weight is 170 g/mol. The maximum absolute atomic E-state index is 5.87. The Labute approximate surface area is 71.5 Å². The summed E-state index contributed by atoms with van der Waals surface area (Å²) in [5, 5.41) is 3.10. The van der Waals surface area contributed by atoms with E-state index in [1.807, 2.05) is 13.8 Å². The number of hydrogen-bond donors (Lipinski definition) is 1. The lowest BCUT2D eigenvalue weighted by molar-refractivity contribution is 0.548. The maximum atomic E-state index is 5.87. The van der Waals surface area contributed by atoms with E-state index < -0.39 is 0 Å². The van der Waals surface area contributed by atoms with Crippen LogP contribution >= 0.6 is 11.3 Å². The van der Waals surface area contributed by atoms with Crippen molar-refractivity contribution in [2.45, 2.75) is 32.7 Å². The van der Waals surface area contributed by atoms with E-state index in [2.05, 4.69) is 17.3 Å². The molecule has 11 heavy (non-hydrogen) atoms. The van der Waals surface area contributed by atoms with Crippen LogP contribution in [0.15, 0.2) is 5.38 Å². The lowest BCUT2D eigenvalue weighted by Crippen LogP contribution is -2.28. The zero-order valence-electron chi connectivity index (χ0n) is 7.22. The summed E-state index contributed by atoms with van der Waals surface area (Å²) in [6.45, 7) is 6.05. The molecule has 1 aromatic rings. The smallest absolute Gasteiger partial charge is 0.112 e. The normalized spacial score (nSPS) is 12.0. The Morgan fingerprint density at radius 2 is 2.27 bits per heavy atom. The zero-order chi connectivity index (χ0) is 8.48. The number of aryl methyl sites for hydroxylation is 1. The molecule has 0 fully saturated rings. The Bertz CT molecular complexity index is 234. The number of nitrogens with two attached hydrogens (primary N) is 1. The van der Waals surface area contributed by atoms with E-state index >= 15 is 0 Å². The molecule has 0 aromatic carbocycles. The molecule has 0 atom stereocenters. The first-order chi connectivity index (χ1) is 5.04. The predicted molar refractivity (Wildman–Crippen MR) is 48.7 cm³/mol. The summed E-state index contributed by atoms with van der Waals surface area (Å²) >= 11 is 1.64. The molecule has 0 saturated carbocycles. The Morgan fingerprint density at radius 3 is 2.55 bits per heavy atom. The van der Waals surface area contributed by atoms with Crippen LogP contribution < -0.4 is 5.73 Å². The van der Waals surface area contributed by atoms with Crippen molar-refractivity contribution in [3.05, 3.63) is 16.1 Å². The van der Waals surface area contributed by atoms with Gasteiger partial charge in [-0.2, -0.15) is 0 Å². The molecule has 0 aliphatic rings. The summed E-state index contributed by atoms with van der Waals surface area (Å²) in [5.74, 6) is 0. The Morgan fingerprint density at radius 1 is 1.64 bits per heavy atom. The van der Waals surface area contributed by atoms with Crippen molar-refractivity contribution >= 4 is 11.3 Å². The van der Waals surface area contributed by atoms with Crippen molar-refractivity contribution in [1.82, 2.24) is 4.98 Å². The second-order valence-electron chi connectivity index (χ2n) is 3.22. The Kier molecular flexibility index (Phi) is 2.30.